The summed E-state index contributed by atoms with van der Waals surface area (Å²) in [5.74, 6) is 6.60. The number of rotatable bonds is 2. The second-order valence-electron chi connectivity index (χ2n) is 9.98. The van der Waals surface area contributed by atoms with E-state index >= 15 is 0 Å². The van der Waals surface area contributed by atoms with Crippen molar-refractivity contribution in [2.24, 2.45) is 40.9 Å². The van der Waals surface area contributed by atoms with E-state index in [0.29, 0.717) is 5.41 Å². The first-order valence-corrected chi connectivity index (χ1v) is 10.7. The monoisotopic (exact) mass is 302 g/mol. The molecule has 4 saturated carbocycles. The van der Waals surface area contributed by atoms with Gasteiger partial charge in [0, 0.05) is 0 Å². The van der Waals surface area contributed by atoms with E-state index in [2.05, 4.69) is 13.8 Å². The maximum Gasteiger partial charge on any atom is -0.0295 e. The Bertz CT molecular complexity index is 375. The third kappa shape index (κ3) is 2.57. The Labute approximate surface area is 138 Å². The van der Waals surface area contributed by atoms with Crippen molar-refractivity contribution < 1.29 is 0 Å². The molecule has 0 amide bonds. The number of hydrogen-bond acceptors (Lipinski definition) is 0. The number of fused-ring (bicyclic) bond motifs is 3. The Kier molecular flexibility index (Phi) is 4.33. The SMILES string of the molecule is CC(C)(C1CCCCC1)C1CCCC2CC3CCCCC3C21. The first-order chi connectivity index (χ1) is 10.7. The summed E-state index contributed by atoms with van der Waals surface area (Å²) in [5.41, 5.74) is 0.621. The van der Waals surface area contributed by atoms with Crippen molar-refractivity contribution in [3.63, 3.8) is 0 Å². The Morgan fingerprint density at radius 2 is 1.32 bits per heavy atom. The van der Waals surface area contributed by atoms with E-state index in [0.717, 1.165) is 35.5 Å². The zero-order chi connectivity index (χ0) is 15.2. The van der Waals surface area contributed by atoms with E-state index in [4.69, 9.17) is 0 Å². The lowest BCUT2D eigenvalue weighted by Crippen LogP contribution is -2.43. The molecule has 4 fully saturated rings. The van der Waals surface area contributed by atoms with Gasteiger partial charge < -0.3 is 0 Å². The first-order valence-electron chi connectivity index (χ1n) is 10.7. The molecule has 0 nitrogen and oxygen atoms in total. The van der Waals surface area contributed by atoms with Crippen LogP contribution >= 0.6 is 0 Å². The van der Waals surface area contributed by atoms with Crippen LogP contribution in [0.1, 0.15) is 97.3 Å². The molecule has 126 valence electrons. The minimum atomic E-state index is 0.621. The summed E-state index contributed by atoms with van der Waals surface area (Å²) in [6, 6.07) is 0. The molecule has 5 atom stereocenters. The van der Waals surface area contributed by atoms with Crippen LogP contribution in [0.15, 0.2) is 0 Å². The summed E-state index contributed by atoms with van der Waals surface area (Å²) in [7, 11) is 0. The normalized spacial score (nSPS) is 43.6. The Morgan fingerprint density at radius 1 is 0.636 bits per heavy atom. The lowest BCUT2D eigenvalue weighted by atomic mass is 9.54. The third-order valence-corrected chi connectivity index (χ3v) is 8.78. The highest BCUT2D eigenvalue weighted by molar-refractivity contribution is 5.02. The summed E-state index contributed by atoms with van der Waals surface area (Å²) in [6.45, 7) is 5.37. The van der Waals surface area contributed by atoms with Gasteiger partial charge in [0.1, 0.15) is 0 Å². The lowest BCUT2D eigenvalue weighted by Gasteiger charge is -2.51. The van der Waals surface area contributed by atoms with Gasteiger partial charge in [-0.05, 0) is 73.0 Å². The van der Waals surface area contributed by atoms with Gasteiger partial charge in [0.05, 0.1) is 0 Å². The van der Waals surface area contributed by atoms with Crippen molar-refractivity contribution in [1.29, 1.82) is 0 Å². The van der Waals surface area contributed by atoms with Crippen LogP contribution in [0.3, 0.4) is 0 Å². The van der Waals surface area contributed by atoms with Gasteiger partial charge in [0.25, 0.3) is 0 Å². The number of hydrogen-bond donors (Lipinski definition) is 0. The van der Waals surface area contributed by atoms with E-state index < -0.39 is 0 Å². The van der Waals surface area contributed by atoms with E-state index in [1.165, 1.54) is 38.5 Å². The molecule has 5 unspecified atom stereocenters. The Hall–Kier alpha value is 0. The smallest absolute Gasteiger partial charge is 0.0295 e. The van der Waals surface area contributed by atoms with Crippen LogP contribution in [-0.2, 0) is 0 Å². The fourth-order valence-corrected chi connectivity index (χ4v) is 7.68. The molecular formula is C22H38. The quantitative estimate of drug-likeness (QED) is 0.524. The minimum Gasteiger partial charge on any atom is -0.0594 e. The fourth-order valence-electron chi connectivity index (χ4n) is 7.68. The molecule has 0 spiro atoms. The van der Waals surface area contributed by atoms with Crippen LogP contribution in [0.2, 0.25) is 0 Å². The topological polar surface area (TPSA) is 0 Å². The van der Waals surface area contributed by atoms with E-state index in [-0.39, 0.29) is 0 Å². The summed E-state index contributed by atoms with van der Waals surface area (Å²) in [4.78, 5) is 0. The van der Waals surface area contributed by atoms with Gasteiger partial charge in [-0.15, -0.1) is 0 Å². The van der Waals surface area contributed by atoms with Crippen molar-refractivity contribution in [2.75, 3.05) is 0 Å². The highest BCUT2D eigenvalue weighted by atomic mass is 14.6. The molecule has 0 aromatic carbocycles. The van der Waals surface area contributed by atoms with Crippen LogP contribution in [-0.4, -0.2) is 0 Å². The maximum atomic E-state index is 2.69. The molecule has 0 aliphatic heterocycles. The predicted molar refractivity (Wildman–Crippen MR) is 94.7 cm³/mol. The van der Waals surface area contributed by atoms with Crippen molar-refractivity contribution in [3.8, 4) is 0 Å². The molecule has 4 aliphatic rings. The van der Waals surface area contributed by atoms with Crippen molar-refractivity contribution in [2.45, 2.75) is 97.3 Å². The average Bonchev–Trinajstić information content (AvgIpc) is 2.94. The van der Waals surface area contributed by atoms with E-state index in [9.17, 15) is 0 Å². The van der Waals surface area contributed by atoms with E-state index in [1.54, 1.807) is 44.9 Å². The largest absolute Gasteiger partial charge is 0.0594 e. The van der Waals surface area contributed by atoms with Crippen LogP contribution in [0.25, 0.3) is 0 Å². The van der Waals surface area contributed by atoms with Crippen molar-refractivity contribution >= 4 is 0 Å². The molecular weight excluding hydrogens is 264 g/mol. The molecule has 0 saturated heterocycles. The molecule has 0 heterocycles. The van der Waals surface area contributed by atoms with E-state index in [1.807, 2.05) is 0 Å². The van der Waals surface area contributed by atoms with Crippen LogP contribution in [0, 0.1) is 40.9 Å². The molecule has 4 rings (SSSR count). The van der Waals surface area contributed by atoms with Gasteiger partial charge in [-0.25, -0.2) is 0 Å². The van der Waals surface area contributed by atoms with Gasteiger partial charge in [-0.2, -0.15) is 0 Å². The highest BCUT2D eigenvalue weighted by Crippen LogP contribution is 2.61. The molecule has 22 heavy (non-hydrogen) atoms. The second kappa shape index (κ2) is 6.14. The molecule has 4 aliphatic carbocycles. The first kappa shape index (κ1) is 15.5. The van der Waals surface area contributed by atoms with Crippen LogP contribution in [0.4, 0.5) is 0 Å². The Morgan fingerprint density at radius 3 is 2.14 bits per heavy atom. The van der Waals surface area contributed by atoms with Crippen molar-refractivity contribution in [3.05, 3.63) is 0 Å². The summed E-state index contributed by atoms with van der Waals surface area (Å²) >= 11 is 0. The predicted octanol–water partition coefficient (Wildman–Crippen LogP) is 6.84. The minimum absolute atomic E-state index is 0.621. The maximum absolute atomic E-state index is 2.69. The fraction of sp³-hybridized carbons (Fsp3) is 1.00. The standard InChI is InChI=1S/C22H38/c1-22(2,18-11-4-3-5-12-18)20-14-8-10-17-15-16-9-6-7-13-19(16)21(17)20/h16-21H,3-15H2,1-2H3. The molecule has 0 aromatic heterocycles. The van der Waals surface area contributed by atoms with Crippen molar-refractivity contribution in [1.82, 2.24) is 0 Å². The average molecular weight is 303 g/mol. The molecule has 0 radical (unpaired) electrons. The van der Waals surface area contributed by atoms with Gasteiger partial charge in [0.15, 0.2) is 0 Å². The molecule has 0 heteroatoms. The molecule has 0 bridgehead atoms. The summed E-state index contributed by atoms with van der Waals surface area (Å²) in [6.07, 6.45) is 20.2. The van der Waals surface area contributed by atoms with Gasteiger partial charge in [-0.3, -0.25) is 0 Å². The molecule has 0 N–H and O–H groups in total. The third-order valence-electron chi connectivity index (χ3n) is 8.78. The van der Waals surface area contributed by atoms with Gasteiger partial charge in [0.2, 0.25) is 0 Å². The zero-order valence-electron chi connectivity index (χ0n) is 15.2. The zero-order valence-corrected chi connectivity index (χ0v) is 15.2. The summed E-state index contributed by atoms with van der Waals surface area (Å²) < 4.78 is 0. The van der Waals surface area contributed by atoms with Gasteiger partial charge in [-0.1, -0.05) is 65.2 Å². The highest BCUT2D eigenvalue weighted by Gasteiger charge is 2.53. The molecule has 0 aromatic rings. The Balaban J connectivity index is 1.56. The summed E-state index contributed by atoms with van der Waals surface area (Å²) in [5, 5.41) is 0. The second-order valence-corrected chi connectivity index (χ2v) is 9.98. The van der Waals surface area contributed by atoms with Gasteiger partial charge >= 0.3 is 0 Å². The lowest BCUT2D eigenvalue weighted by molar-refractivity contribution is -0.0164. The van der Waals surface area contributed by atoms with Crippen LogP contribution < -0.4 is 0 Å². The van der Waals surface area contributed by atoms with Crippen LogP contribution in [0.5, 0.6) is 0 Å².